The Hall–Kier alpha value is -2.83. The van der Waals surface area contributed by atoms with Crippen molar-refractivity contribution in [1.82, 2.24) is 25.2 Å². The third-order valence-corrected chi connectivity index (χ3v) is 7.76. The zero-order valence-corrected chi connectivity index (χ0v) is 24.0. The van der Waals surface area contributed by atoms with Crippen LogP contribution >= 0.6 is 0 Å². The molecule has 2 aliphatic heterocycles. The maximum atomic E-state index is 13.2. The van der Waals surface area contributed by atoms with E-state index < -0.39 is 78.3 Å². The Morgan fingerprint density at radius 1 is 0.977 bits per heavy atom. The Labute approximate surface area is 249 Å². The van der Waals surface area contributed by atoms with Crippen molar-refractivity contribution in [1.29, 1.82) is 0 Å². The summed E-state index contributed by atoms with van der Waals surface area (Å²) in [6, 6.07) is 1.31. The van der Waals surface area contributed by atoms with E-state index in [0.29, 0.717) is 25.5 Å². The van der Waals surface area contributed by atoms with E-state index in [1.807, 2.05) is 13.8 Å². The van der Waals surface area contributed by atoms with Gasteiger partial charge in [-0.2, -0.15) is 26.3 Å². The molecule has 0 saturated carbocycles. The summed E-state index contributed by atoms with van der Waals surface area (Å²) in [5, 5.41) is 38.9. The fraction of sp³-hybridized carbons (Fsp3) is 0.667. The van der Waals surface area contributed by atoms with Crippen LogP contribution in [0.25, 0.3) is 0 Å². The lowest BCUT2D eigenvalue weighted by atomic mass is 9.91. The number of aliphatic hydroxyl groups is 3. The van der Waals surface area contributed by atoms with Gasteiger partial charge in [0.1, 0.15) is 36.6 Å². The highest BCUT2D eigenvalue weighted by Crippen LogP contribution is 2.31. The zero-order chi connectivity index (χ0) is 32.2. The van der Waals surface area contributed by atoms with Crippen LogP contribution in [-0.4, -0.2) is 104 Å². The fourth-order valence-corrected chi connectivity index (χ4v) is 5.50. The molecule has 2 saturated heterocycles. The summed E-state index contributed by atoms with van der Waals surface area (Å²) in [7, 11) is 0. The number of ether oxygens (including phenoxy) is 2. The fourth-order valence-electron chi connectivity index (χ4n) is 5.50. The average Bonchev–Trinajstić information content (AvgIpc) is 2.97. The van der Waals surface area contributed by atoms with Crippen molar-refractivity contribution < 1.29 is 51.1 Å². The minimum atomic E-state index is -4.72. The van der Waals surface area contributed by atoms with E-state index in [9.17, 15) is 41.7 Å². The summed E-state index contributed by atoms with van der Waals surface area (Å²) in [5.74, 6) is -0.568. The lowest BCUT2D eigenvalue weighted by Gasteiger charge is -2.46. The first-order chi connectivity index (χ1) is 20.7. The molecule has 0 amide bonds. The Balaban J connectivity index is 1.52. The normalized spacial score (nSPS) is 30.2. The Bertz CT molecular complexity index is 1230. The number of aromatic nitrogens is 3. The minimum Gasteiger partial charge on any atom is -0.470 e. The van der Waals surface area contributed by atoms with E-state index in [4.69, 9.17) is 9.47 Å². The van der Waals surface area contributed by atoms with Crippen molar-refractivity contribution in [3.63, 3.8) is 0 Å². The largest absolute Gasteiger partial charge is 0.470 e. The quantitative estimate of drug-likeness (QED) is 0.245. The first-order valence-corrected chi connectivity index (χ1v) is 14.2. The van der Waals surface area contributed by atoms with E-state index in [0.717, 1.165) is 18.3 Å². The number of nitrogens with zero attached hydrogens (tertiary/aromatic N) is 4. The molecular weight excluding hydrogens is 602 g/mol. The molecule has 44 heavy (non-hydrogen) atoms. The van der Waals surface area contributed by atoms with Gasteiger partial charge in [0, 0.05) is 31.2 Å². The van der Waals surface area contributed by atoms with Gasteiger partial charge in [0.2, 0.25) is 5.88 Å². The predicted molar refractivity (Wildman–Crippen MR) is 143 cm³/mol. The second kappa shape index (κ2) is 14.1. The molecule has 2 aromatic heterocycles. The van der Waals surface area contributed by atoms with Crippen LogP contribution < -0.4 is 15.4 Å². The van der Waals surface area contributed by atoms with E-state index in [2.05, 4.69) is 25.6 Å². The number of hydrogen-bond donors (Lipinski definition) is 5. The molecule has 4 rings (SSSR count). The third kappa shape index (κ3) is 8.06. The second-order valence-corrected chi connectivity index (χ2v) is 10.8. The number of halogens is 6. The number of aliphatic hydroxyl groups excluding tert-OH is 3. The van der Waals surface area contributed by atoms with Gasteiger partial charge in [-0.1, -0.05) is 26.3 Å². The molecule has 0 unspecified atom stereocenters. The van der Waals surface area contributed by atoms with Gasteiger partial charge in [0.15, 0.2) is 5.69 Å². The number of hydrogen-bond acceptors (Lipinski definition) is 11. The van der Waals surface area contributed by atoms with Gasteiger partial charge in [0.25, 0.3) is 0 Å². The molecule has 2 aliphatic rings. The van der Waals surface area contributed by atoms with Crippen LogP contribution in [0, 0.1) is 0 Å². The van der Waals surface area contributed by atoms with E-state index in [-0.39, 0.29) is 25.6 Å². The van der Waals surface area contributed by atoms with Crippen LogP contribution in [0.5, 0.6) is 5.88 Å². The molecule has 0 spiro atoms. The maximum Gasteiger partial charge on any atom is 0.434 e. The van der Waals surface area contributed by atoms with Gasteiger partial charge in [-0.15, -0.1) is 0 Å². The number of alkyl halides is 6. The summed E-state index contributed by atoms with van der Waals surface area (Å²) in [4.78, 5) is 12.3. The molecular formula is C27H36F6N6O5. The summed E-state index contributed by atoms with van der Waals surface area (Å²) in [5.41, 5.74) is -2.38. The molecule has 0 aromatic carbocycles. The smallest absolute Gasteiger partial charge is 0.434 e. The van der Waals surface area contributed by atoms with Gasteiger partial charge >= 0.3 is 12.4 Å². The molecule has 0 bridgehead atoms. The van der Waals surface area contributed by atoms with Gasteiger partial charge in [0.05, 0.1) is 30.6 Å². The Kier molecular flexibility index (Phi) is 10.9. The standard InChI is InChI=1S/C27H36F6N6O5/c1-3-6-16-23(41)24(42)17(44-21-8-5-7-18(38-21)26(28,29)30)12-39(16)13-43-25-15(9-35-14(4-2)22(25)40)36-20-11-34-10-19(37-20)27(31,32)33/h5,7-8,10-11,14-17,22-25,35,40-42H,3-4,6,9,12-13H2,1-2H3,(H,36,37)/t14-,15+,16-,17+,22+,23+,24-,25-/m1/s1. The Morgan fingerprint density at radius 2 is 1.70 bits per heavy atom. The molecule has 8 atom stereocenters. The number of pyridine rings is 1. The molecule has 246 valence electrons. The molecule has 5 N–H and O–H groups in total. The molecule has 17 heteroatoms. The minimum absolute atomic E-state index is 0.0731. The summed E-state index contributed by atoms with van der Waals surface area (Å²) >= 11 is 0. The monoisotopic (exact) mass is 638 g/mol. The van der Waals surface area contributed by atoms with Crippen molar-refractivity contribution in [2.24, 2.45) is 0 Å². The maximum absolute atomic E-state index is 13.2. The van der Waals surface area contributed by atoms with Crippen LogP contribution in [0.3, 0.4) is 0 Å². The number of likely N-dealkylation sites (tertiary alicyclic amines) is 1. The van der Waals surface area contributed by atoms with Crippen LogP contribution in [0.1, 0.15) is 44.5 Å². The molecule has 0 aliphatic carbocycles. The number of anilines is 1. The summed E-state index contributed by atoms with van der Waals surface area (Å²) < 4.78 is 90.9. The van der Waals surface area contributed by atoms with Gasteiger partial charge in [-0.05, 0) is 18.9 Å². The summed E-state index contributed by atoms with van der Waals surface area (Å²) in [6.45, 7) is 3.62. The zero-order valence-electron chi connectivity index (χ0n) is 24.0. The van der Waals surface area contributed by atoms with E-state index in [1.165, 1.54) is 6.07 Å². The summed E-state index contributed by atoms with van der Waals surface area (Å²) in [6.07, 6.45) is -12.2. The highest BCUT2D eigenvalue weighted by molar-refractivity contribution is 5.35. The van der Waals surface area contributed by atoms with E-state index in [1.54, 1.807) is 4.90 Å². The number of piperidine rings is 2. The van der Waals surface area contributed by atoms with Gasteiger partial charge in [-0.25, -0.2) is 9.97 Å². The van der Waals surface area contributed by atoms with Crippen LogP contribution in [-0.2, 0) is 17.1 Å². The second-order valence-electron chi connectivity index (χ2n) is 10.8. The van der Waals surface area contributed by atoms with Gasteiger partial charge < -0.3 is 35.4 Å². The highest BCUT2D eigenvalue weighted by atomic mass is 19.4. The molecule has 2 fully saturated rings. The number of nitrogens with one attached hydrogen (secondary N) is 2. The molecule has 4 heterocycles. The van der Waals surface area contributed by atoms with Crippen molar-refractivity contribution in [3.8, 4) is 5.88 Å². The molecule has 11 nitrogen and oxygen atoms in total. The first-order valence-electron chi connectivity index (χ1n) is 14.2. The predicted octanol–water partition coefficient (Wildman–Crippen LogP) is 2.43. The topological polar surface area (TPSA) is 145 Å². The molecule has 0 radical (unpaired) electrons. The van der Waals surface area contributed by atoms with Crippen molar-refractivity contribution in [2.75, 3.05) is 25.1 Å². The van der Waals surface area contributed by atoms with Crippen LogP contribution in [0.15, 0.2) is 30.6 Å². The lowest BCUT2D eigenvalue weighted by molar-refractivity contribution is -0.173. The van der Waals surface area contributed by atoms with Crippen molar-refractivity contribution in [3.05, 3.63) is 42.0 Å². The highest BCUT2D eigenvalue weighted by Gasteiger charge is 2.45. The third-order valence-electron chi connectivity index (χ3n) is 7.76. The molecule has 2 aromatic rings. The van der Waals surface area contributed by atoms with Crippen molar-refractivity contribution >= 4 is 5.82 Å². The van der Waals surface area contributed by atoms with Gasteiger partial charge in [-0.3, -0.25) is 9.88 Å². The number of rotatable bonds is 10. The first kappa shape index (κ1) is 34.1. The average molecular weight is 639 g/mol. The van der Waals surface area contributed by atoms with Crippen molar-refractivity contribution in [2.45, 2.75) is 94.1 Å². The van der Waals surface area contributed by atoms with E-state index >= 15 is 0 Å². The lowest BCUT2D eigenvalue weighted by Crippen LogP contribution is -2.65. The Morgan fingerprint density at radius 3 is 2.36 bits per heavy atom. The SMILES string of the molecule is CCC[C@@H]1[C@H](O)[C@H](O)[C@@H](Oc2cccc(C(F)(F)F)n2)CN1CO[C@H]1[C@@H](O)[C@@H](CC)NC[C@@H]1Nc1cncc(C(F)(F)F)n1. The van der Waals surface area contributed by atoms with Crippen LogP contribution in [0.4, 0.5) is 32.2 Å². The van der Waals surface area contributed by atoms with Crippen LogP contribution in [0.2, 0.25) is 0 Å².